The van der Waals surface area contributed by atoms with E-state index in [1.165, 1.54) is 23.1 Å². The minimum Gasteiger partial charge on any atom is -0.481 e. The van der Waals surface area contributed by atoms with E-state index in [1.54, 1.807) is 14.0 Å². The van der Waals surface area contributed by atoms with E-state index in [4.69, 9.17) is 9.52 Å². The van der Waals surface area contributed by atoms with Gasteiger partial charge in [0.1, 0.15) is 11.4 Å². The van der Waals surface area contributed by atoms with Crippen LogP contribution in [0.3, 0.4) is 0 Å². The first-order valence-corrected chi connectivity index (χ1v) is 6.56. The highest BCUT2D eigenvalue weighted by Crippen LogP contribution is 2.26. The van der Waals surface area contributed by atoms with Crippen LogP contribution >= 0.6 is 0 Å². The molecule has 2 aromatic rings. The molecule has 0 fully saturated rings. The Kier molecular flexibility index (Phi) is 4.26. The van der Waals surface area contributed by atoms with Gasteiger partial charge in [0.25, 0.3) is 5.91 Å². The molecule has 1 aromatic heterocycles. The number of benzene rings is 1. The van der Waals surface area contributed by atoms with E-state index < -0.39 is 5.97 Å². The summed E-state index contributed by atoms with van der Waals surface area (Å²) in [5.41, 5.74) is 1.04. The minimum atomic E-state index is -0.897. The van der Waals surface area contributed by atoms with E-state index in [0.717, 1.165) is 0 Å². The molecule has 0 aliphatic carbocycles. The van der Waals surface area contributed by atoms with E-state index in [-0.39, 0.29) is 23.9 Å². The van der Waals surface area contributed by atoms with Gasteiger partial charge in [0, 0.05) is 31.0 Å². The van der Waals surface area contributed by atoms with Crippen molar-refractivity contribution in [2.75, 3.05) is 13.6 Å². The second kappa shape index (κ2) is 5.95. The summed E-state index contributed by atoms with van der Waals surface area (Å²) in [6, 6.07) is 4.09. The second-order valence-corrected chi connectivity index (χ2v) is 4.92. The number of hydrogen-bond donors (Lipinski definition) is 1. The van der Waals surface area contributed by atoms with Gasteiger partial charge in [-0.25, -0.2) is 4.39 Å². The Bertz CT molecular complexity index is 692. The van der Waals surface area contributed by atoms with Gasteiger partial charge in [-0.2, -0.15) is 0 Å². The molecule has 1 heterocycles. The van der Waals surface area contributed by atoms with Crippen LogP contribution in [-0.2, 0) is 4.79 Å². The number of fused-ring (bicyclic) bond motifs is 1. The molecule has 0 aliphatic heterocycles. The molecule has 5 nitrogen and oxygen atoms in total. The van der Waals surface area contributed by atoms with Crippen LogP contribution in [-0.4, -0.2) is 35.5 Å². The molecule has 0 atom stereocenters. The Balaban J connectivity index is 2.19. The van der Waals surface area contributed by atoms with Crippen molar-refractivity contribution in [1.82, 2.24) is 4.90 Å². The third-order valence-corrected chi connectivity index (χ3v) is 3.32. The lowest BCUT2D eigenvalue weighted by Crippen LogP contribution is -2.28. The van der Waals surface area contributed by atoms with Gasteiger partial charge in [-0.1, -0.05) is 0 Å². The molecule has 2 rings (SSSR count). The standard InChI is InChI=1S/C15H16FNO4/c1-9-11-8-10(16)5-6-12(11)21-14(9)15(20)17(2)7-3-4-13(18)19/h5-6,8H,3-4,7H2,1-2H3,(H,18,19). The van der Waals surface area contributed by atoms with Crippen LogP contribution in [0.5, 0.6) is 0 Å². The van der Waals surface area contributed by atoms with Gasteiger partial charge >= 0.3 is 5.97 Å². The predicted molar refractivity (Wildman–Crippen MR) is 74.7 cm³/mol. The van der Waals surface area contributed by atoms with Crippen LogP contribution in [0, 0.1) is 12.7 Å². The largest absolute Gasteiger partial charge is 0.481 e. The summed E-state index contributed by atoms with van der Waals surface area (Å²) in [4.78, 5) is 24.2. The summed E-state index contributed by atoms with van der Waals surface area (Å²) in [7, 11) is 1.58. The summed E-state index contributed by atoms with van der Waals surface area (Å²) in [5.74, 6) is -1.46. The van der Waals surface area contributed by atoms with Crippen molar-refractivity contribution in [1.29, 1.82) is 0 Å². The van der Waals surface area contributed by atoms with Crippen LogP contribution in [0.2, 0.25) is 0 Å². The van der Waals surface area contributed by atoms with Crippen LogP contribution < -0.4 is 0 Å². The molecule has 0 saturated carbocycles. The molecular weight excluding hydrogens is 277 g/mol. The summed E-state index contributed by atoms with van der Waals surface area (Å²) in [5, 5.41) is 9.16. The maximum atomic E-state index is 13.2. The minimum absolute atomic E-state index is 0.00193. The summed E-state index contributed by atoms with van der Waals surface area (Å²) >= 11 is 0. The SMILES string of the molecule is Cc1c(C(=O)N(C)CCCC(=O)O)oc2ccc(F)cc12. The number of nitrogens with zero attached hydrogens (tertiary/aromatic N) is 1. The predicted octanol–water partition coefficient (Wildman–Crippen LogP) is 2.82. The van der Waals surface area contributed by atoms with Gasteiger partial charge in [0.2, 0.25) is 0 Å². The molecule has 1 N–H and O–H groups in total. The average Bonchev–Trinajstić information content (AvgIpc) is 2.74. The number of halogens is 1. The van der Waals surface area contributed by atoms with Crippen molar-refractivity contribution in [3.05, 3.63) is 35.3 Å². The zero-order valence-corrected chi connectivity index (χ0v) is 11.9. The van der Waals surface area contributed by atoms with Gasteiger partial charge in [0.05, 0.1) is 0 Å². The van der Waals surface area contributed by atoms with Crippen LogP contribution in [0.4, 0.5) is 4.39 Å². The average molecular weight is 293 g/mol. The van der Waals surface area contributed by atoms with Crippen molar-refractivity contribution >= 4 is 22.8 Å². The fourth-order valence-electron chi connectivity index (χ4n) is 2.14. The first-order chi connectivity index (χ1) is 9.90. The maximum Gasteiger partial charge on any atom is 0.303 e. The first kappa shape index (κ1) is 15.0. The van der Waals surface area contributed by atoms with Gasteiger partial charge in [-0.15, -0.1) is 0 Å². The molecule has 0 bridgehead atoms. The fraction of sp³-hybridized carbons (Fsp3) is 0.333. The summed E-state index contributed by atoms with van der Waals surface area (Å²) < 4.78 is 18.7. The van der Waals surface area contributed by atoms with Gasteiger partial charge in [0.15, 0.2) is 5.76 Å². The highest BCUT2D eigenvalue weighted by atomic mass is 19.1. The molecule has 112 valence electrons. The zero-order chi connectivity index (χ0) is 15.6. The summed E-state index contributed by atoms with van der Waals surface area (Å²) in [6.07, 6.45) is 0.368. The van der Waals surface area contributed by atoms with Gasteiger partial charge in [-0.05, 0) is 31.5 Å². The lowest BCUT2D eigenvalue weighted by molar-refractivity contribution is -0.137. The van der Waals surface area contributed by atoms with Crippen molar-refractivity contribution in [2.24, 2.45) is 0 Å². The van der Waals surface area contributed by atoms with E-state index in [9.17, 15) is 14.0 Å². The number of furan rings is 1. The maximum absolute atomic E-state index is 13.2. The molecule has 0 saturated heterocycles. The van der Waals surface area contributed by atoms with E-state index in [0.29, 0.717) is 29.5 Å². The lowest BCUT2D eigenvalue weighted by atomic mass is 10.1. The molecule has 1 amide bonds. The third-order valence-electron chi connectivity index (χ3n) is 3.32. The van der Waals surface area contributed by atoms with E-state index >= 15 is 0 Å². The zero-order valence-electron chi connectivity index (χ0n) is 11.9. The topological polar surface area (TPSA) is 70.8 Å². The number of carbonyl (C=O) groups excluding carboxylic acids is 1. The molecule has 21 heavy (non-hydrogen) atoms. The van der Waals surface area contributed by atoms with Crippen molar-refractivity contribution in [3.63, 3.8) is 0 Å². The third kappa shape index (κ3) is 3.21. The number of carboxylic acids is 1. The fourth-order valence-corrected chi connectivity index (χ4v) is 2.14. The first-order valence-electron chi connectivity index (χ1n) is 6.56. The number of amides is 1. The second-order valence-electron chi connectivity index (χ2n) is 4.92. The Hall–Kier alpha value is -2.37. The number of aryl methyl sites for hydroxylation is 1. The molecule has 0 spiro atoms. The van der Waals surface area contributed by atoms with Gasteiger partial charge in [-0.3, -0.25) is 9.59 Å². The van der Waals surface area contributed by atoms with Crippen LogP contribution in [0.25, 0.3) is 11.0 Å². The number of carboxylic acid groups (broad SMARTS) is 1. The smallest absolute Gasteiger partial charge is 0.303 e. The molecule has 6 heteroatoms. The Labute approximate surface area is 121 Å². The molecule has 0 unspecified atom stereocenters. The van der Waals surface area contributed by atoms with E-state index in [1.807, 2.05) is 0 Å². The van der Waals surface area contributed by atoms with Crippen LogP contribution in [0.15, 0.2) is 22.6 Å². The van der Waals surface area contributed by atoms with E-state index in [2.05, 4.69) is 0 Å². The van der Waals surface area contributed by atoms with Gasteiger partial charge < -0.3 is 14.4 Å². The lowest BCUT2D eigenvalue weighted by Gasteiger charge is -2.15. The van der Waals surface area contributed by atoms with Crippen LogP contribution in [0.1, 0.15) is 29.0 Å². The Morgan fingerprint density at radius 1 is 1.38 bits per heavy atom. The molecule has 1 aromatic carbocycles. The molecule has 0 aliphatic rings. The number of carbonyl (C=O) groups is 2. The number of hydrogen-bond acceptors (Lipinski definition) is 3. The number of rotatable bonds is 5. The Morgan fingerprint density at radius 2 is 2.10 bits per heavy atom. The summed E-state index contributed by atoms with van der Waals surface area (Å²) in [6.45, 7) is 2.01. The monoisotopic (exact) mass is 293 g/mol. The molecule has 0 radical (unpaired) electrons. The van der Waals surface area contributed by atoms with Crippen molar-refractivity contribution in [2.45, 2.75) is 19.8 Å². The quantitative estimate of drug-likeness (QED) is 0.920. The highest BCUT2D eigenvalue weighted by Gasteiger charge is 2.21. The number of aliphatic carboxylic acids is 1. The van der Waals surface area contributed by atoms with Crippen molar-refractivity contribution < 1.29 is 23.5 Å². The molecular formula is C15H16FNO4. The normalized spacial score (nSPS) is 10.8. The highest BCUT2D eigenvalue weighted by molar-refractivity contribution is 5.98. The van der Waals surface area contributed by atoms with Crippen molar-refractivity contribution in [3.8, 4) is 0 Å². The Morgan fingerprint density at radius 3 is 2.76 bits per heavy atom.